The Labute approximate surface area is 155 Å². The van der Waals surface area contributed by atoms with Crippen LogP contribution in [0.3, 0.4) is 0 Å². The monoisotopic (exact) mass is 370 g/mol. The Hall–Kier alpha value is -1.07. The molecule has 0 heterocycles. The highest BCUT2D eigenvalue weighted by Crippen LogP contribution is 2.18. The molecule has 0 aliphatic heterocycles. The molecule has 3 rings (SSSR count). The Bertz CT molecular complexity index is 734. The molecule has 0 saturated carbocycles. The Morgan fingerprint density at radius 1 is 0.522 bits per heavy atom. The molecule has 0 aliphatic rings. The van der Waals surface area contributed by atoms with Crippen LogP contribution in [0, 0.1) is 0 Å². The molecule has 23 heavy (non-hydrogen) atoms. The minimum Gasteiger partial charge on any atom is -0.144 e. The van der Waals surface area contributed by atoms with Crippen LogP contribution in [-0.4, -0.2) is 8.07 Å². The van der Waals surface area contributed by atoms with E-state index in [1.807, 2.05) is 18.2 Å². The molecule has 0 amide bonds. The molecule has 0 unspecified atom stereocenters. The Kier molecular flexibility index (Phi) is 4.97. The van der Waals surface area contributed by atoms with Gasteiger partial charge in [0.15, 0.2) is 0 Å². The predicted octanol–water partition coefficient (Wildman–Crippen LogP) is 3.65. The van der Waals surface area contributed by atoms with Crippen molar-refractivity contribution in [3.63, 3.8) is 0 Å². The minimum absolute atomic E-state index is 1.02. The van der Waals surface area contributed by atoms with Crippen molar-refractivity contribution in [1.29, 1.82) is 0 Å². The predicted molar refractivity (Wildman–Crippen MR) is 112 cm³/mol. The van der Waals surface area contributed by atoms with Gasteiger partial charge < -0.3 is 0 Å². The lowest BCUT2D eigenvalue weighted by Gasteiger charge is -2.32. The van der Waals surface area contributed by atoms with Gasteiger partial charge in [-0.15, -0.1) is 37.9 Å². The van der Waals surface area contributed by atoms with Gasteiger partial charge in [0.1, 0.15) is 8.07 Å². The fraction of sp³-hybridized carbons (Fsp3) is 0.0526. The van der Waals surface area contributed by atoms with Gasteiger partial charge in [-0.25, -0.2) is 0 Å². The van der Waals surface area contributed by atoms with Gasteiger partial charge in [0, 0.05) is 14.7 Å². The van der Waals surface area contributed by atoms with Crippen LogP contribution >= 0.6 is 37.9 Å². The van der Waals surface area contributed by atoms with E-state index in [1.165, 1.54) is 15.6 Å². The van der Waals surface area contributed by atoms with Gasteiger partial charge in [0.25, 0.3) is 0 Å². The molecule has 3 aromatic rings. The number of benzene rings is 3. The van der Waals surface area contributed by atoms with Gasteiger partial charge >= 0.3 is 0 Å². The zero-order valence-electron chi connectivity index (χ0n) is 12.8. The summed E-state index contributed by atoms with van der Waals surface area (Å²) in [6.45, 7) is 2.35. The van der Waals surface area contributed by atoms with Gasteiger partial charge in [-0.3, -0.25) is 0 Å². The summed E-state index contributed by atoms with van der Waals surface area (Å²) in [6.07, 6.45) is 0. The number of hydrogen-bond acceptors (Lipinski definition) is 3. The molecule has 0 bridgehead atoms. The van der Waals surface area contributed by atoms with Crippen molar-refractivity contribution in [1.82, 2.24) is 0 Å². The van der Waals surface area contributed by atoms with Crippen LogP contribution in [0.15, 0.2) is 87.5 Å². The van der Waals surface area contributed by atoms with Crippen molar-refractivity contribution in [2.75, 3.05) is 0 Å². The lowest BCUT2D eigenvalue weighted by atomic mass is 10.3. The Balaban J connectivity index is 2.38. The quantitative estimate of drug-likeness (QED) is 0.350. The summed E-state index contributed by atoms with van der Waals surface area (Å²) in [5.74, 6) is 0. The van der Waals surface area contributed by atoms with E-state index in [1.54, 1.807) is 0 Å². The lowest BCUT2D eigenvalue weighted by molar-refractivity contribution is 1.45. The first-order chi connectivity index (χ1) is 11.0. The maximum absolute atomic E-state index is 4.75. The summed E-state index contributed by atoms with van der Waals surface area (Å²) in [5, 5.41) is 3.85. The highest BCUT2D eigenvalue weighted by atomic mass is 32.1. The largest absolute Gasteiger partial charge is 0.149 e. The zero-order chi connectivity index (χ0) is 16.4. The third-order valence-corrected chi connectivity index (χ3v) is 10.7. The second-order valence-electron chi connectivity index (χ2n) is 5.68. The van der Waals surface area contributed by atoms with Gasteiger partial charge in [0.2, 0.25) is 0 Å². The molecule has 0 saturated heterocycles. The van der Waals surface area contributed by atoms with Crippen molar-refractivity contribution in [3.8, 4) is 0 Å². The fourth-order valence-electron chi connectivity index (χ4n) is 3.12. The van der Waals surface area contributed by atoms with Crippen molar-refractivity contribution in [2.45, 2.75) is 21.2 Å². The van der Waals surface area contributed by atoms with Gasteiger partial charge in [-0.1, -0.05) is 61.1 Å². The molecular formula is C19H18S3Si. The molecule has 0 atom stereocenters. The van der Waals surface area contributed by atoms with E-state index in [9.17, 15) is 0 Å². The van der Waals surface area contributed by atoms with Gasteiger partial charge in [-0.05, 0) is 33.8 Å². The molecule has 116 valence electrons. The van der Waals surface area contributed by atoms with Crippen LogP contribution < -0.4 is 15.6 Å². The maximum Gasteiger partial charge on any atom is 0.149 e. The van der Waals surface area contributed by atoms with Gasteiger partial charge in [-0.2, -0.15) is 0 Å². The average Bonchev–Trinajstić information content (AvgIpc) is 2.55. The molecule has 0 radical (unpaired) electrons. The molecule has 0 N–H and O–H groups in total. The standard InChI is InChI=1S/C19H18S3Si/c1-23(17-11-5-2-8-14(17)20,18-12-6-3-9-15(18)21)19-13-7-4-10-16(19)22/h2-13,20-22H,1H3. The smallest absolute Gasteiger partial charge is 0.144 e. The first-order valence-corrected chi connectivity index (χ1v) is 11.2. The first-order valence-electron chi connectivity index (χ1n) is 7.40. The van der Waals surface area contributed by atoms with Crippen molar-refractivity contribution >= 4 is 61.5 Å². The SMILES string of the molecule is C[Si](c1ccccc1S)(c1ccccc1S)c1ccccc1S. The summed E-state index contributed by atoms with van der Waals surface area (Å²) in [7, 11) is -2.24. The third kappa shape index (κ3) is 3.01. The van der Waals surface area contributed by atoms with Crippen molar-refractivity contribution < 1.29 is 0 Å². The summed E-state index contributed by atoms with van der Waals surface area (Å²) in [4.78, 5) is 3.07. The van der Waals surface area contributed by atoms with Crippen LogP contribution in [0.2, 0.25) is 6.55 Å². The Morgan fingerprint density at radius 3 is 1.04 bits per heavy atom. The molecule has 3 aromatic carbocycles. The van der Waals surface area contributed by atoms with Crippen LogP contribution in [0.25, 0.3) is 0 Å². The molecule has 0 spiro atoms. The second kappa shape index (κ2) is 6.81. The van der Waals surface area contributed by atoms with E-state index in [2.05, 4.69) is 61.1 Å². The van der Waals surface area contributed by atoms with E-state index in [0.29, 0.717) is 0 Å². The average molecular weight is 371 g/mol. The molecule has 0 nitrogen and oxygen atoms in total. The number of hydrogen-bond donors (Lipinski definition) is 3. The lowest BCUT2D eigenvalue weighted by Crippen LogP contribution is -2.66. The van der Waals surface area contributed by atoms with Gasteiger partial charge in [0.05, 0.1) is 0 Å². The number of thiol groups is 3. The molecular weight excluding hydrogens is 352 g/mol. The summed E-state index contributed by atoms with van der Waals surface area (Å²) >= 11 is 14.2. The van der Waals surface area contributed by atoms with Crippen molar-refractivity contribution in [2.24, 2.45) is 0 Å². The van der Waals surface area contributed by atoms with E-state index >= 15 is 0 Å². The van der Waals surface area contributed by atoms with Crippen LogP contribution in [0.4, 0.5) is 0 Å². The maximum atomic E-state index is 4.75. The molecule has 4 heteroatoms. The number of rotatable bonds is 3. The van der Waals surface area contributed by atoms with E-state index in [0.717, 1.165) is 14.7 Å². The van der Waals surface area contributed by atoms with Crippen molar-refractivity contribution in [3.05, 3.63) is 72.8 Å². The topological polar surface area (TPSA) is 0 Å². The fourth-order valence-corrected chi connectivity index (χ4v) is 9.56. The van der Waals surface area contributed by atoms with E-state index in [4.69, 9.17) is 37.9 Å². The summed E-state index contributed by atoms with van der Waals surface area (Å²) in [5.41, 5.74) is 0. The van der Waals surface area contributed by atoms with E-state index in [-0.39, 0.29) is 0 Å². The molecule has 0 aromatic heterocycles. The third-order valence-electron chi connectivity index (χ3n) is 4.33. The van der Waals surface area contributed by atoms with Crippen LogP contribution in [0.5, 0.6) is 0 Å². The van der Waals surface area contributed by atoms with Crippen LogP contribution in [-0.2, 0) is 0 Å². The molecule has 0 aliphatic carbocycles. The normalized spacial score (nSPS) is 11.5. The molecule has 0 fully saturated rings. The van der Waals surface area contributed by atoms with Crippen LogP contribution in [0.1, 0.15) is 0 Å². The Morgan fingerprint density at radius 2 is 0.783 bits per heavy atom. The second-order valence-corrected chi connectivity index (χ2v) is 11.0. The minimum atomic E-state index is -2.24. The summed E-state index contributed by atoms with van der Waals surface area (Å²) in [6, 6.07) is 25.1. The first kappa shape index (κ1) is 16.8. The zero-order valence-corrected chi connectivity index (χ0v) is 16.5. The highest BCUT2D eigenvalue weighted by molar-refractivity contribution is 7.81. The summed E-state index contributed by atoms with van der Waals surface area (Å²) < 4.78 is 0. The highest BCUT2D eigenvalue weighted by Gasteiger charge is 2.37. The van der Waals surface area contributed by atoms with E-state index < -0.39 is 8.07 Å².